The van der Waals surface area contributed by atoms with Crippen LogP contribution in [0.2, 0.25) is 0 Å². The van der Waals surface area contributed by atoms with Gasteiger partial charge in [-0.3, -0.25) is 9.78 Å². The highest BCUT2D eigenvalue weighted by Crippen LogP contribution is 2.07. The van der Waals surface area contributed by atoms with Crippen LogP contribution in [0.15, 0.2) is 18.5 Å². The molecular formula is C13H19ClN2O. The smallest absolute Gasteiger partial charge is 0.255 e. The predicted molar refractivity (Wildman–Crippen MR) is 70.5 cm³/mol. The van der Waals surface area contributed by atoms with Crippen molar-refractivity contribution in [1.29, 1.82) is 0 Å². The number of hydrogen-bond donors (Lipinski definition) is 0. The lowest BCUT2D eigenvalue weighted by Gasteiger charge is -2.21. The minimum Gasteiger partial charge on any atom is -0.337 e. The molecule has 0 aliphatic carbocycles. The van der Waals surface area contributed by atoms with Crippen LogP contribution in [-0.2, 0) is 0 Å². The van der Waals surface area contributed by atoms with Gasteiger partial charge in [0.2, 0.25) is 0 Å². The van der Waals surface area contributed by atoms with E-state index in [9.17, 15) is 4.79 Å². The molecule has 1 aromatic heterocycles. The van der Waals surface area contributed by atoms with E-state index < -0.39 is 0 Å². The Morgan fingerprint density at radius 3 is 2.76 bits per heavy atom. The lowest BCUT2D eigenvalue weighted by molar-refractivity contribution is 0.0763. The third-order valence-electron chi connectivity index (χ3n) is 2.55. The maximum absolute atomic E-state index is 12.2. The Balaban J connectivity index is 2.76. The van der Waals surface area contributed by atoms with E-state index in [1.807, 2.05) is 13.0 Å². The average molecular weight is 255 g/mol. The maximum atomic E-state index is 12.2. The van der Waals surface area contributed by atoms with Gasteiger partial charge in [-0.15, -0.1) is 11.6 Å². The van der Waals surface area contributed by atoms with Crippen LogP contribution in [0.3, 0.4) is 0 Å². The molecule has 0 unspecified atom stereocenters. The molecule has 1 amide bonds. The van der Waals surface area contributed by atoms with Gasteiger partial charge in [0.05, 0.1) is 5.56 Å². The van der Waals surface area contributed by atoms with Gasteiger partial charge < -0.3 is 4.90 Å². The number of carbonyl (C=O) groups is 1. The number of alkyl halides is 1. The number of carbonyl (C=O) groups excluding carboxylic acids is 1. The molecular weight excluding hydrogens is 236 g/mol. The standard InChI is InChI=1S/C13H19ClN2O/c1-3-4-6-16(7-5-14)13(17)12-8-11(2)9-15-10-12/h8-10H,3-7H2,1-2H3. The number of amides is 1. The van der Waals surface area contributed by atoms with Crippen LogP contribution in [0.25, 0.3) is 0 Å². The second-order valence-corrected chi connectivity index (χ2v) is 4.46. The van der Waals surface area contributed by atoms with Crippen molar-refractivity contribution in [3.8, 4) is 0 Å². The van der Waals surface area contributed by atoms with Gasteiger partial charge in [0.25, 0.3) is 5.91 Å². The molecule has 0 radical (unpaired) electrons. The first-order valence-electron chi connectivity index (χ1n) is 5.96. The lowest BCUT2D eigenvalue weighted by Crippen LogP contribution is -2.33. The summed E-state index contributed by atoms with van der Waals surface area (Å²) in [6.07, 6.45) is 5.43. The third kappa shape index (κ3) is 4.35. The highest BCUT2D eigenvalue weighted by molar-refractivity contribution is 6.18. The van der Waals surface area contributed by atoms with E-state index in [4.69, 9.17) is 11.6 Å². The molecule has 0 aliphatic rings. The summed E-state index contributed by atoms with van der Waals surface area (Å²) in [5.74, 6) is 0.490. The van der Waals surface area contributed by atoms with Crippen LogP contribution in [0.4, 0.5) is 0 Å². The van der Waals surface area contributed by atoms with E-state index in [2.05, 4.69) is 11.9 Å². The van der Waals surface area contributed by atoms with Gasteiger partial charge in [-0.25, -0.2) is 0 Å². The monoisotopic (exact) mass is 254 g/mol. The van der Waals surface area contributed by atoms with E-state index in [1.54, 1.807) is 17.3 Å². The van der Waals surface area contributed by atoms with Crippen molar-refractivity contribution in [2.24, 2.45) is 0 Å². The molecule has 0 saturated carbocycles. The fourth-order valence-electron chi connectivity index (χ4n) is 1.62. The summed E-state index contributed by atoms with van der Waals surface area (Å²) in [4.78, 5) is 18.1. The SMILES string of the molecule is CCCCN(CCCl)C(=O)c1cncc(C)c1. The van der Waals surface area contributed by atoms with Gasteiger partial charge in [0.1, 0.15) is 0 Å². The summed E-state index contributed by atoms with van der Waals surface area (Å²) in [5.41, 5.74) is 1.64. The van der Waals surface area contributed by atoms with Crippen LogP contribution in [0, 0.1) is 6.92 Å². The van der Waals surface area contributed by atoms with Crippen molar-refractivity contribution in [2.45, 2.75) is 26.7 Å². The highest BCUT2D eigenvalue weighted by atomic mass is 35.5. The number of aryl methyl sites for hydroxylation is 1. The fourth-order valence-corrected chi connectivity index (χ4v) is 1.82. The number of rotatable bonds is 6. The van der Waals surface area contributed by atoms with Crippen LogP contribution in [0.5, 0.6) is 0 Å². The van der Waals surface area contributed by atoms with Gasteiger partial charge >= 0.3 is 0 Å². The molecule has 94 valence electrons. The molecule has 0 saturated heterocycles. The maximum Gasteiger partial charge on any atom is 0.255 e. The molecule has 0 aromatic carbocycles. The fraction of sp³-hybridized carbons (Fsp3) is 0.538. The van der Waals surface area contributed by atoms with Crippen molar-refractivity contribution in [2.75, 3.05) is 19.0 Å². The van der Waals surface area contributed by atoms with E-state index in [0.717, 1.165) is 24.9 Å². The van der Waals surface area contributed by atoms with Gasteiger partial charge in [-0.05, 0) is 25.0 Å². The Hall–Kier alpha value is -1.09. The summed E-state index contributed by atoms with van der Waals surface area (Å²) in [6.45, 7) is 5.39. The van der Waals surface area contributed by atoms with Gasteiger partial charge in [-0.1, -0.05) is 13.3 Å². The molecule has 4 heteroatoms. The Labute approximate surface area is 108 Å². The van der Waals surface area contributed by atoms with Crippen molar-refractivity contribution in [3.05, 3.63) is 29.6 Å². The predicted octanol–water partition coefficient (Wildman–Crippen LogP) is 2.87. The van der Waals surface area contributed by atoms with Gasteiger partial charge in [-0.2, -0.15) is 0 Å². The minimum atomic E-state index is 0.0234. The van der Waals surface area contributed by atoms with Crippen molar-refractivity contribution in [1.82, 2.24) is 9.88 Å². The number of unbranched alkanes of at least 4 members (excludes halogenated alkanes) is 1. The second-order valence-electron chi connectivity index (χ2n) is 4.09. The first-order chi connectivity index (χ1) is 8.19. The van der Waals surface area contributed by atoms with Gasteiger partial charge in [0.15, 0.2) is 0 Å². The molecule has 17 heavy (non-hydrogen) atoms. The highest BCUT2D eigenvalue weighted by Gasteiger charge is 2.14. The summed E-state index contributed by atoms with van der Waals surface area (Å²) >= 11 is 5.73. The summed E-state index contributed by atoms with van der Waals surface area (Å²) in [7, 11) is 0. The normalized spacial score (nSPS) is 10.3. The van der Waals surface area contributed by atoms with Crippen molar-refractivity contribution >= 4 is 17.5 Å². The first kappa shape index (κ1) is 14.0. The molecule has 1 aromatic rings. The molecule has 0 N–H and O–H groups in total. The molecule has 0 bridgehead atoms. The minimum absolute atomic E-state index is 0.0234. The van der Waals surface area contributed by atoms with E-state index >= 15 is 0 Å². The number of hydrogen-bond acceptors (Lipinski definition) is 2. The van der Waals surface area contributed by atoms with E-state index in [-0.39, 0.29) is 5.91 Å². The van der Waals surface area contributed by atoms with Crippen LogP contribution < -0.4 is 0 Å². The zero-order valence-corrected chi connectivity index (χ0v) is 11.2. The Morgan fingerprint density at radius 2 is 2.18 bits per heavy atom. The van der Waals surface area contributed by atoms with E-state index in [0.29, 0.717) is 18.0 Å². The van der Waals surface area contributed by atoms with Crippen LogP contribution >= 0.6 is 11.6 Å². The van der Waals surface area contributed by atoms with Crippen LogP contribution in [-0.4, -0.2) is 34.8 Å². The molecule has 0 fully saturated rings. The Bertz CT molecular complexity index is 368. The second kappa shape index (κ2) is 7.28. The van der Waals surface area contributed by atoms with Crippen molar-refractivity contribution < 1.29 is 4.79 Å². The summed E-state index contributed by atoms with van der Waals surface area (Å²) in [6, 6.07) is 1.86. The van der Waals surface area contributed by atoms with E-state index in [1.165, 1.54) is 0 Å². The summed E-state index contributed by atoms with van der Waals surface area (Å²) in [5, 5.41) is 0. The largest absolute Gasteiger partial charge is 0.337 e. The molecule has 0 spiro atoms. The number of aromatic nitrogens is 1. The number of pyridine rings is 1. The van der Waals surface area contributed by atoms with Crippen molar-refractivity contribution in [3.63, 3.8) is 0 Å². The quantitative estimate of drug-likeness (QED) is 0.732. The number of halogens is 1. The topological polar surface area (TPSA) is 33.2 Å². The molecule has 3 nitrogen and oxygen atoms in total. The number of nitrogens with zero attached hydrogens (tertiary/aromatic N) is 2. The molecule has 1 rings (SSSR count). The molecule has 0 atom stereocenters. The zero-order chi connectivity index (χ0) is 12.7. The Morgan fingerprint density at radius 1 is 1.41 bits per heavy atom. The first-order valence-corrected chi connectivity index (χ1v) is 6.49. The lowest BCUT2D eigenvalue weighted by atomic mass is 10.2. The molecule has 1 heterocycles. The summed E-state index contributed by atoms with van der Waals surface area (Å²) < 4.78 is 0. The zero-order valence-electron chi connectivity index (χ0n) is 10.4. The van der Waals surface area contributed by atoms with Gasteiger partial charge in [0, 0.05) is 31.4 Å². The average Bonchev–Trinajstić information content (AvgIpc) is 2.33. The molecule has 0 aliphatic heterocycles. The van der Waals surface area contributed by atoms with Crippen LogP contribution in [0.1, 0.15) is 35.7 Å². The third-order valence-corrected chi connectivity index (χ3v) is 2.71. The Kier molecular flexibility index (Phi) is 5.98.